The van der Waals surface area contributed by atoms with E-state index in [9.17, 15) is 17.6 Å². The zero-order chi connectivity index (χ0) is 20.1. The van der Waals surface area contributed by atoms with Crippen molar-refractivity contribution in [3.8, 4) is 11.5 Å². The third kappa shape index (κ3) is 5.01. The lowest BCUT2D eigenvalue weighted by Crippen LogP contribution is -2.14. The third-order valence-electron chi connectivity index (χ3n) is 3.94. The van der Waals surface area contributed by atoms with E-state index in [1.54, 1.807) is 30.3 Å². The highest BCUT2D eigenvalue weighted by atomic mass is 32.2. The Balaban J connectivity index is 1.53. The maximum Gasteiger partial charge on any atom is 0.322 e. The van der Waals surface area contributed by atoms with E-state index >= 15 is 0 Å². The summed E-state index contributed by atoms with van der Waals surface area (Å²) in [5.74, 6) is -0.983. The number of aryl methyl sites for hydroxylation is 1. The zero-order valence-corrected chi connectivity index (χ0v) is 15.9. The van der Waals surface area contributed by atoms with E-state index in [4.69, 9.17) is 4.42 Å². The smallest absolute Gasteiger partial charge is 0.322 e. The van der Waals surface area contributed by atoms with Crippen molar-refractivity contribution in [1.29, 1.82) is 0 Å². The summed E-state index contributed by atoms with van der Waals surface area (Å²) in [6.45, 7) is 1.87. The van der Waals surface area contributed by atoms with Gasteiger partial charge in [-0.3, -0.25) is 10.1 Å². The Labute approximate surface area is 161 Å². The molecule has 3 aromatic rings. The van der Waals surface area contributed by atoms with Crippen LogP contribution in [0.3, 0.4) is 0 Å². The summed E-state index contributed by atoms with van der Waals surface area (Å²) in [6, 6.07) is 12.0. The summed E-state index contributed by atoms with van der Waals surface area (Å²) in [7, 11) is -3.45. The number of anilines is 1. The van der Waals surface area contributed by atoms with Crippen LogP contribution in [0.4, 0.5) is 10.4 Å². The van der Waals surface area contributed by atoms with Crippen LogP contribution in [0.15, 0.2) is 57.8 Å². The van der Waals surface area contributed by atoms with Gasteiger partial charge in [0, 0.05) is 12.0 Å². The van der Waals surface area contributed by atoms with Gasteiger partial charge < -0.3 is 4.42 Å². The maximum absolute atomic E-state index is 13.2. The zero-order valence-electron chi connectivity index (χ0n) is 15.1. The van der Waals surface area contributed by atoms with Gasteiger partial charge in [0.15, 0.2) is 9.84 Å². The maximum atomic E-state index is 13.2. The molecule has 0 aliphatic heterocycles. The predicted octanol–water partition coefficient (Wildman–Crippen LogP) is 3.38. The van der Waals surface area contributed by atoms with Crippen LogP contribution >= 0.6 is 0 Å². The fraction of sp³-hybridized carbons (Fsp3) is 0.211. The molecule has 2 aromatic carbocycles. The van der Waals surface area contributed by atoms with Crippen LogP contribution in [-0.2, 0) is 14.6 Å². The highest BCUT2D eigenvalue weighted by Crippen LogP contribution is 2.20. The van der Waals surface area contributed by atoms with Crippen LogP contribution in [0, 0.1) is 12.7 Å². The molecule has 0 spiro atoms. The molecular formula is C19H18FN3O4S. The molecule has 0 bridgehead atoms. The molecule has 0 atom stereocenters. The number of carbonyl (C=O) groups is 1. The molecule has 0 fully saturated rings. The first-order valence-electron chi connectivity index (χ1n) is 8.52. The fourth-order valence-corrected chi connectivity index (χ4v) is 3.79. The number of benzene rings is 2. The van der Waals surface area contributed by atoms with E-state index in [-0.39, 0.29) is 35.4 Å². The molecule has 0 saturated carbocycles. The van der Waals surface area contributed by atoms with Gasteiger partial charge in [-0.2, -0.15) is 0 Å². The molecule has 3 rings (SSSR count). The average molecular weight is 403 g/mol. The van der Waals surface area contributed by atoms with Crippen molar-refractivity contribution in [2.24, 2.45) is 0 Å². The molecule has 1 amide bonds. The van der Waals surface area contributed by atoms with Crippen molar-refractivity contribution >= 4 is 21.8 Å². The van der Waals surface area contributed by atoms with Crippen molar-refractivity contribution in [2.45, 2.75) is 24.7 Å². The second-order valence-electron chi connectivity index (χ2n) is 6.21. The van der Waals surface area contributed by atoms with Crippen LogP contribution in [0.25, 0.3) is 11.5 Å². The molecule has 0 radical (unpaired) electrons. The van der Waals surface area contributed by atoms with Gasteiger partial charge in [0.25, 0.3) is 0 Å². The first kappa shape index (κ1) is 19.7. The molecule has 1 aromatic heterocycles. The monoisotopic (exact) mass is 403 g/mol. The van der Waals surface area contributed by atoms with Crippen molar-refractivity contribution in [3.63, 3.8) is 0 Å². The van der Waals surface area contributed by atoms with Gasteiger partial charge in [0.1, 0.15) is 5.82 Å². The van der Waals surface area contributed by atoms with E-state index in [2.05, 4.69) is 15.5 Å². The Bertz CT molecular complexity index is 1080. The van der Waals surface area contributed by atoms with E-state index < -0.39 is 21.6 Å². The molecule has 28 heavy (non-hydrogen) atoms. The summed E-state index contributed by atoms with van der Waals surface area (Å²) in [5, 5.41) is 9.85. The molecule has 0 aliphatic carbocycles. The average Bonchev–Trinajstić information content (AvgIpc) is 3.10. The number of hydrogen-bond donors (Lipinski definition) is 1. The van der Waals surface area contributed by atoms with Gasteiger partial charge in [-0.1, -0.05) is 28.9 Å². The number of aromatic nitrogens is 2. The third-order valence-corrected chi connectivity index (χ3v) is 5.76. The minimum absolute atomic E-state index is 0.0250. The first-order valence-corrected chi connectivity index (χ1v) is 10.2. The van der Waals surface area contributed by atoms with Gasteiger partial charge in [-0.15, -0.1) is 5.10 Å². The van der Waals surface area contributed by atoms with E-state index in [0.29, 0.717) is 5.56 Å². The number of nitrogens with one attached hydrogen (secondary N) is 1. The topological polar surface area (TPSA) is 102 Å². The quantitative estimate of drug-likeness (QED) is 0.649. The molecule has 0 saturated heterocycles. The Morgan fingerprint density at radius 3 is 2.61 bits per heavy atom. The summed E-state index contributed by atoms with van der Waals surface area (Å²) >= 11 is 0. The number of hydrogen-bond acceptors (Lipinski definition) is 6. The molecule has 7 nitrogen and oxygen atoms in total. The van der Waals surface area contributed by atoms with Crippen LogP contribution in [-0.4, -0.2) is 30.3 Å². The molecule has 146 valence electrons. The Morgan fingerprint density at radius 1 is 1.14 bits per heavy atom. The molecule has 0 unspecified atom stereocenters. The summed E-state index contributed by atoms with van der Waals surface area (Å²) in [6.07, 6.45) is 0.121. The van der Waals surface area contributed by atoms with Crippen molar-refractivity contribution in [1.82, 2.24) is 10.2 Å². The largest absolute Gasteiger partial charge is 0.403 e. The number of rotatable bonds is 7. The molecule has 0 aliphatic rings. The minimum Gasteiger partial charge on any atom is -0.403 e. The molecule has 1 heterocycles. The lowest BCUT2D eigenvalue weighted by molar-refractivity contribution is -0.116. The van der Waals surface area contributed by atoms with E-state index in [0.717, 1.165) is 5.56 Å². The Kier molecular flexibility index (Phi) is 5.84. The molecule has 1 N–H and O–H groups in total. The second kappa shape index (κ2) is 8.30. The molecule has 9 heteroatoms. The molecular weight excluding hydrogens is 385 g/mol. The van der Waals surface area contributed by atoms with Crippen molar-refractivity contribution in [2.75, 3.05) is 11.1 Å². The standard InChI is InChI=1S/C19H18FN3O4S/c1-13-7-9-16(10-8-13)28(25,26)11-3-6-17(24)21-19-23-22-18(27-19)14-4-2-5-15(20)12-14/h2,4-5,7-10,12H,3,6,11H2,1H3,(H,21,23,24). The second-order valence-corrected chi connectivity index (χ2v) is 8.32. The van der Waals surface area contributed by atoms with Crippen LogP contribution in [0.2, 0.25) is 0 Å². The fourth-order valence-electron chi connectivity index (χ4n) is 2.48. The van der Waals surface area contributed by atoms with Gasteiger partial charge in [0.05, 0.1) is 10.6 Å². The summed E-state index contributed by atoms with van der Waals surface area (Å²) < 4.78 is 43.1. The number of sulfone groups is 1. The van der Waals surface area contributed by atoms with E-state index in [1.165, 1.54) is 18.2 Å². The van der Waals surface area contributed by atoms with Crippen molar-refractivity contribution < 1.29 is 22.0 Å². The minimum atomic E-state index is -3.45. The normalized spacial score (nSPS) is 11.4. The SMILES string of the molecule is Cc1ccc(S(=O)(=O)CCCC(=O)Nc2nnc(-c3cccc(F)c3)o2)cc1. The lowest BCUT2D eigenvalue weighted by Gasteiger charge is -2.05. The summed E-state index contributed by atoms with van der Waals surface area (Å²) in [5.41, 5.74) is 1.35. The van der Waals surface area contributed by atoms with Crippen LogP contribution in [0.1, 0.15) is 18.4 Å². The van der Waals surface area contributed by atoms with Crippen LogP contribution < -0.4 is 5.32 Å². The number of halogens is 1. The Morgan fingerprint density at radius 2 is 1.89 bits per heavy atom. The lowest BCUT2D eigenvalue weighted by atomic mass is 10.2. The van der Waals surface area contributed by atoms with E-state index in [1.807, 2.05) is 6.92 Å². The number of nitrogens with zero attached hydrogens (tertiary/aromatic N) is 2. The van der Waals surface area contributed by atoms with Gasteiger partial charge in [-0.05, 0) is 43.7 Å². The highest BCUT2D eigenvalue weighted by molar-refractivity contribution is 7.91. The van der Waals surface area contributed by atoms with Crippen molar-refractivity contribution in [3.05, 3.63) is 59.9 Å². The first-order chi connectivity index (χ1) is 13.3. The van der Waals surface area contributed by atoms with Gasteiger partial charge >= 0.3 is 6.01 Å². The van der Waals surface area contributed by atoms with Gasteiger partial charge in [-0.25, -0.2) is 12.8 Å². The predicted molar refractivity (Wildman–Crippen MR) is 101 cm³/mol. The number of carbonyl (C=O) groups excluding carboxylic acids is 1. The van der Waals surface area contributed by atoms with Crippen LogP contribution in [0.5, 0.6) is 0 Å². The Hall–Kier alpha value is -3.07. The highest BCUT2D eigenvalue weighted by Gasteiger charge is 2.16. The number of amides is 1. The summed E-state index contributed by atoms with van der Waals surface area (Å²) in [4.78, 5) is 12.2. The van der Waals surface area contributed by atoms with Gasteiger partial charge in [0.2, 0.25) is 11.8 Å².